The van der Waals surface area contributed by atoms with Crippen molar-refractivity contribution in [2.24, 2.45) is 5.92 Å². The first kappa shape index (κ1) is 16.7. The van der Waals surface area contributed by atoms with E-state index in [2.05, 4.69) is 17.1 Å². The number of hydrogen-bond acceptors (Lipinski definition) is 3. The van der Waals surface area contributed by atoms with Crippen LogP contribution >= 0.6 is 0 Å². The molecule has 0 unspecified atom stereocenters. The fourth-order valence-corrected chi connectivity index (χ4v) is 3.52. The van der Waals surface area contributed by atoms with Gasteiger partial charge in [0.05, 0.1) is 5.56 Å². The van der Waals surface area contributed by atoms with Gasteiger partial charge < -0.3 is 15.1 Å². The Balaban J connectivity index is 1.83. The second kappa shape index (κ2) is 6.39. The van der Waals surface area contributed by atoms with E-state index in [4.69, 9.17) is 0 Å². The van der Waals surface area contributed by atoms with E-state index in [-0.39, 0.29) is 23.5 Å². The molecule has 0 spiro atoms. The summed E-state index contributed by atoms with van der Waals surface area (Å²) < 4.78 is 14.2. The van der Waals surface area contributed by atoms with Gasteiger partial charge >= 0.3 is 6.03 Å². The van der Waals surface area contributed by atoms with Gasteiger partial charge in [-0.05, 0) is 38.2 Å². The molecule has 3 amide bonds. The van der Waals surface area contributed by atoms with Crippen LogP contribution in [0.15, 0.2) is 18.2 Å². The van der Waals surface area contributed by atoms with Crippen molar-refractivity contribution in [2.75, 3.05) is 45.2 Å². The fourth-order valence-electron chi connectivity index (χ4n) is 3.52. The predicted octanol–water partition coefficient (Wildman–Crippen LogP) is 1.38. The van der Waals surface area contributed by atoms with E-state index < -0.39 is 5.82 Å². The quantitative estimate of drug-likeness (QED) is 0.908. The van der Waals surface area contributed by atoms with Crippen molar-refractivity contribution in [3.63, 3.8) is 0 Å². The minimum absolute atomic E-state index is 0.0267. The van der Waals surface area contributed by atoms with Gasteiger partial charge in [0.1, 0.15) is 5.82 Å². The molecule has 1 N–H and O–H groups in total. The first-order valence-corrected chi connectivity index (χ1v) is 8.19. The van der Waals surface area contributed by atoms with Crippen molar-refractivity contribution in [1.82, 2.24) is 15.1 Å². The van der Waals surface area contributed by atoms with Gasteiger partial charge in [0.15, 0.2) is 0 Å². The van der Waals surface area contributed by atoms with Crippen LogP contribution in [0.3, 0.4) is 0 Å². The highest BCUT2D eigenvalue weighted by atomic mass is 19.1. The monoisotopic (exact) mass is 334 g/mol. The van der Waals surface area contributed by atoms with E-state index in [1.165, 1.54) is 23.1 Å². The summed E-state index contributed by atoms with van der Waals surface area (Å²) in [7, 11) is 3.98. The van der Waals surface area contributed by atoms with Crippen LogP contribution in [0, 0.1) is 11.7 Å². The zero-order chi connectivity index (χ0) is 17.4. The van der Waals surface area contributed by atoms with Crippen LogP contribution in [-0.4, -0.2) is 68.1 Å². The minimum Gasteiger partial charge on any atom is -0.337 e. The van der Waals surface area contributed by atoms with Gasteiger partial charge in [0.25, 0.3) is 5.91 Å². The van der Waals surface area contributed by atoms with Crippen molar-refractivity contribution in [2.45, 2.75) is 13.0 Å². The number of nitrogens with zero attached hydrogens (tertiary/aromatic N) is 3. The van der Waals surface area contributed by atoms with Crippen LogP contribution in [0.25, 0.3) is 0 Å². The van der Waals surface area contributed by atoms with E-state index >= 15 is 0 Å². The highest BCUT2D eigenvalue weighted by molar-refractivity contribution is 5.98. The summed E-state index contributed by atoms with van der Waals surface area (Å²) >= 11 is 0. The highest BCUT2D eigenvalue weighted by Crippen LogP contribution is 2.25. The zero-order valence-electron chi connectivity index (χ0n) is 14.3. The number of benzene rings is 1. The van der Waals surface area contributed by atoms with E-state index in [0.29, 0.717) is 37.8 Å². The molecular formula is C17H23FN4O2. The number of carbonyl (C=O) groups is 2. The molecule has 0 bridgehead atoms. The molecular weight excluding hydrogens is 311 g/mol. The lowest BCUT2D eigenvalue weighted by Crippen LogP contribution is -2.36. The summed E-state index contributed by atoms with van der Waals surface area (Å²) in [6, 6.07) is 4.33. The third kappa shape index (κ3) is 2.96. The van der Waals surface area contributed by atoms with Gasteiger partial charge in [-0.2, -0.15) is 0 Å². The highest BCUT2D eigenvalue weighted by Gasteiger charge is 2.35. The first-order valence-electron chi connectivity index (χ1n) is 8.19. The van der Waals surface area contributed by atoms with Gasteiger partial charge in [-0.15, -0.1) is 0 Å². The molecule has 2 aliphatic rings. The standard InChI is InChI=1S/C17H23FN4O2/c1-11-9-21(10-15(11)20(2)3)16(23)13-8-12(4-5-14(13)18)22-7-6-19-17(22)24/h4-5,8,11,15H,6-7,9-10H2,1-3H3,(H,19,24)/t11-,15+/m0/s1. The number of carbonyl (C=O) groups excluding carboxylic acids is 2. The molecule has 130 valence electrons. The number of halogens is 1. The van der Waals surface area contributed by atoms with Crippen molar-refractivity contribution in [3.05, 3.63) is 29.6 Å². The zero-order valence-corrected chi connectivity index (χ0v) is 14.3. The molecule has 24 heavy (non-hydrogen) atoms. The number of anilines is 1. The molecule has 1 aromatic carbocycles. The van der Waals surface area contributed by atoms with Crippen molar-refractivity contribution >= 4 is 17.6 Å². The number of hydrogen-bond donors (Lipinski definition) is 1. The molecule has 2 saturated heterocycles. The van der Waals surface area contributed by atoms with Crippen LogP contribution < -0.4 is 10.2 Å². The second-order valence-corrected chi connectivity index (χ2v) is 6.77. The molecule has 0 aliphatic carbocycles. The summed E-state index contributed by atoms with van der Waals surface area (Å²) in [5.41, 5.74) is 0.574. The summed E-state index contributed by atoms with van der Waals surface area (Å²) in [4.78, 5) is 29.9. The Kier molecular flexibility index (Phi) is 4.45. The van der Waals surface area contributed by atoms with E-state index in [9.17, 15) is 14.0 Å². The number of likely N-dealkylation sites (tertiary alicyclic amines) is 1. The molecule has 1 aromatic rings. The lowest BCUT2D eigenvalue weighted by atomic mass is 10.1. The SMILES string of the molecule is C[C@H]1CN(C(=O)c2cc(N3CCNC3=O)ccc2F)C[C@H]1N(C)C. The predicted molar refractivity (Wildman–Crippen MR) is 89.7 cm³/mol. The number of likely N-dealkylation sites (N-methyl/N-ethyl adjacent to an activating group) is 1. The molecule has 3 rings (SSSR count). The topological polar surface area (TPSA) is 55.9 Å². The molecule has 2 aliphatic heterocycles. The Bertz CT molecular complexity index is 664. The molecule has 0 aromatic heterocycles. The van der Waals surface area contributed by atoms with Crippen molar-refractivity contribution in [1.29, 1.82) is 0 Å². The average Bonchev–Trinajstić information content (AvgIpc) is 3.13. The van der Waals surface area contributed by atoms with Gasteiger partial charge in [-0.1, -0.05) is 6.92 Å². The molecule has 6 nitrogen and oxygen atoms in total. The molecule has 2 atom stereocenters. The van der Waals surface area contributed by atoms with Gasteiger partial charge in [-0.3, -0.25) is 9.69 Å². The second-order valence-electron chi connectivity index (χ2n) is 6.77. The summed E-state index contributed by atoms with van der Waals surface area (Å²) in [6.07, 6.45) is 0. The molecule has 2 heterocycles. The minimum atomic E-state index is -0.552. The van der Waals surface area contributed by atoms with E-state index in [1.807, 2.05) is 14.1 Å². The summed E-state index contributed by atoms with van der Waals surface area (Å²) in [6.45, 7) is 4.35. The Labute approximate surface area is 141 Å². The normalized spacial score (nSPS) is 24.0. The van der Waals surface area contributed by atoms with Crippen LogP contribution in [0.1, 0.15) is 17.3 Å². The smallest absolute Gasteiger partial charge is 0.321 e. The maximum absolute atomic E-state index is 14.2. The van der Waals surface area contributed by atoms with Crippen LogP contribution in [0.2, 0.25) is 0 Å². The third-order valence-electron chi connectivity index (χ3n) is 4.87. The average molecular weight is 334 g/mol. The number of rotatable bonds is 3. The molecule has 0 radical (unpaired) electrons. The summed E-state index contributed by atoms with van der Waals surface area (Å²) in [5, 5.41) is 2.70. The fraction of sp³-hybridized carbons (Fsp3) is 0.529. The Morgan fingerprint density at radius 3 is 2.67 bits per heavy atom. The molecule has 0 saturated carbocycles. The number of nitrogens with one attached hydrogen (secondary N) is 1. The van der Waals surface area contributed by atoms with E-state index in [1.54, 1.807) is 4.90 Å². The lowest BCUT2D eigenvalue weighted by Gasteiger charge is -2.22. The van der Waals surface area contributed by atoms with Gasteiger partial charge in [-0.25, -0.2) is 9.18 Å². The Morgan fingerprint density at radius 2 is 2.08 bits per heavy atom. The van der Waals surface area contributed by atoms with Crippen LogP contribution in [0.4, 0.5) is 14.9 Å². The Hall–Kier alpha value is -2.15. The largest absolute Gasteiger partial charge is 0.337 e. The summed E-state index contributed by atoms with van der Waals surface area (Å²) in [5.74, 6) is -0.533. The van der Waals surface area contributed by atoms with E-state index in [0.717, 1.165) is 0 Å². The molecule has 7 heteroatoms. The maximum atomic E-state index is 14.2. The maximum Gasteiger partial charge on any atom is 0.321 e. The van der Waals surface area contributed by atoms with Crippen LogP contribution in [-0.2, 0) is 0 Å². The van der Waals surface area contributed by atoms with Gasteiger partial charge in [0, 0.05) is 37.9 Å². The van der Waals surface area contributed by atoms with Crippen molar-refractivity contribution < 1.29 is 14.0 Å². The Morgan fingerprint density at radius 1 is 1.33 bits per heavy atom. The lowest BCUT2D eigenvalue weighted by molar-refractivity contribution is 0.0776. The molecule has 2 fully saturated rings. The van der Waals surface area contributed by atoms with Gasteiger partial charge in [0.2, 0.25) is 0 Å². The number of urea groups is 1. The first-order chi connectivity index (χ1) is 11.4. The number of amides is 3. The van der Waals surface area contributed by atoms with Crippen molar-refractivity contribution in [3.8, 4) is 0 Å². The third-order valence-corrected chi connectivity index (χ3v) is 4.87. The van der Waals surface area contributed by atoms with Crippen LogP contribution in [0.5, 0.6) is 0 Å².